The van der Waals surface area contributed by atoms with Crippen LogP contribution in [-0.2, 0) is 19.1 Å². The van der Waals surface area contributed by atoms with E-state index in [0.717, 1.165) is 92.2 Å². The van der Waals surface area contributed by atoms with Gasteiger partial charge in [-0.3, -0.25) is 9.59 Å². The van der Waals surface area contributed by atoms with Crippen LogP contribution in [0.25, 0.3) is 0 Å². The summed E-state index contributed by atoms with van der Waals surface area (Å²) in [6.07, 6.45) is 46.5. The van der Waals surface area contributed by atoms with Crippen molar-refractivity contribution >= 4 is 47.3 Å². The smallest absolute Gasteiger partial charge is 0.324 e. The summed E-state index contributed by atoms with van der Waals surface area (Å²) in [4.78, 5) is 32.3. The molecule has 10 heteroatoms. The molecule has 0 amide bonds. The maximum Gasteiger partial charge on any atom is 0.324 e. The zero-order chi connectivity index (χ0) is 47.1. The molecule has 0 heterocycles. The summed E-state index contributed by atoms with van der Waals surface area (Å²) in [6.45, 7) is 20.6. The number of hydrogen-bond acceptors (Lipinski definition) is 7. The van der Waals surface area contributed by atoms with Crippen molar-refractivity contribution in [3.8, 4) is 0 Å². The zero-order valence-electron chi connectivity index (χ0n) is 39.7. The highest BCUT2D eigenvalue weighted by atomic mass is 35.5. The van der Waals surface area contributed by atoms with Crippen molar-refractivity contribution in [3.63, 3.8) is 0 Å². The van der Waals surface area contributed by atoms with Crippen LogP contribution in [-0.4, -0.2) is 44.3 Å². The number of allylic oxidation sites excluding steroid dienone is 24. The standard InChI is InChI=1S/C53H78Cl3N3O4/c1-42(24-16-26-44(3)28-18-30-46(5)32-20-34-48(7)40-62-52(60)50(9)36-12-14-38-57-54)22-10-11-23-43(2)25-17-27-45(4)29-19-31-47(6)33-21-35-49(8)41-63-53(61)51(59-56)37-13-15-39-58-55/h10-11,16-19,22-31,34-35,50-51,57-59H,12-15,20-21,32-33,36-41H2,1-9H3/b11-10+,24-16+,25-17+,28-18+,29-19+,42-22+,43-23+,44-26+,45-27+,46-30+,47-31+,48-34+,49-35+. The Bertz CT molecular complexity index is 1740. The van der Waals surface area contributed by atoms with Gasteiger partial charge < -0.3 is 9.47 Å². The number of carbonyl (C=O) groups excluding carboxylic acids is 2. The topological polar surface area (TPSA) is 88.7 Å². The number of nitrogens with one attached hydrogen (secondary N) is 3. The fraction of sp³-hybridized carbons (Fsp3) is 0.472. The van der Waals surface area contributed by atoms with Crippen LogP contribution in [0.4, 0.5) is 0 Å². The summed E-state index contributed by atoms with van der Waals surface area (Å²) in [6, 6.07) is -0.527. The zero-order valence-corrected chi connectivity index (χ0v) is 42.0. The second-order valence-electron chi connectivity index (χ2n) is 16.2. The van der Waals surface area contributed by atoms with Crippen LogP contribution in [0.15, 0.2) is 154 Å². The largest absolute Gasteiger partial charge is 0.461 e. The molecule has 0 fully saturated rings. The second-order valence-corrected chi connectivity index (χ2v) is 17.0. The fourth-order valence-corrected chi connectivity index (χ4v) is 6.04. The highest BCUT2D eigenvalue weighted by Crippen LogP contribution is 2.13. The molecule has 0 radical (unpaired) electrons. The molecule has 0 saturated heterocycles. The molecule has 2 unspecified atom stereocenters. The molecule has 0 bridgehead atoms. The molecule has 7 nitrogen and oxygen atoms in total. The van der Waals surface area contributed by atoms with Gasteiger partial charge in [-0.1, -0.05) is 156 Å². The van der Waals surface area contributed by atoms with E-state index in [9.17, 15) is 9.59 Å². The Morgan fingerprint density at radius 1 is 0.492 bits per heavy atom. The van der Waals surface area contributed by atoms with Crippen LogP contribution >= 0.6 is 35.3 Å². The van der Waals surface area contributed by atoms with E-state index in [1.807, 2.05) is 20.8 Å². The Balaban J connectivity index is 4.68. The molecule has 0 saturated carbocycles. The molecule has 0 aliphatic carbocycles. The minimum atomic E-state index is -0.527. The monoisotopic (exact) mass is 926 g/mol. The minimum absolute atomic E-state index is 0.0956. The molecule has 0 aliphatic rings. The summed E-state index contributed by atoms with van der Waals surface area (Å²) in [7, 11) is 0. The van der Waals surface area contributed by atoms with Gasteiger partial charge in [0.25, 0.3) is 0 Å². The van der Waals surface area contributed by atoms with E-state index in [1.165, 1.54) is 16.7 Å². The number of hydrogen-bond donors (Lipinski definition) is 3. The van der Waals surface area contributed by atoms with Gasteiger partial charge in [-0.2, -0.15) is 0 Å². The Labute approximate surface area is 397 Å². The van der Waals surface area contributed by atoms with E-state index < -0.39 is 6.04 Å². The third-order valence-corrected chi connectivity index (χ3v) is 10.3. The first-order valence-electron chi connectivity index (χ1n) is 22.3. The van der Waals surface area contributed by atoms with E-state index >= 15 is 0 Å². The molecule has 0 aromatic rings. The molecule has 0 aliphatic heterocycles. The third-order valence-electron chi connectivity index (χ3n) is 9.68. The summed E-state index contributed by atoms with van der Waals surface area (Å²) in [5, 5.41) is 0. The average Bonchev–Trinajstić information content (AvgIpc) is 3.24. The molecule has 63 heavy (non-hydrogen) atoms. The number of ether oxygens (including phenoxy) is 2. The average molecular weight is 928 g/mol. The van der Waals surface area contributed by atoms with Gasteiger partial charge in [-0.25, -0.2) is 14.5 Å². The minimum Gasteiger partial charge on any atom is -0.461 e. The molecule has 0 spiro atoms. The lowest BCUT2D eigenvalue weighted by atomic mass is 10.0. The van der Waals surface area contributed by atoms with E-state index in [2.05, 4.69) is 165 Å². The van der Waals surface area contributed by atoms with Crippen LogP contribution in [0.2, 0.25) is 0 Å². The Kier molecular flexibility index (Phi) is 37.5. The summed E-state index contributed by atoms with van der Waals surface area (Å²) in [5.41, 5.74) is 9.32. The maximum absolute atomic E-state index is 12.3. The molecular formula is C53H78Cl3N3O4. The van der Waals surface area contributed by atoms with E-state index in [1.54, 1.807) is 0 Å². The molecule has 2 atom stereocenters. The normalized spacial score (nSPS) is 15.6. The number of carbonyl (C=O) groups is 2. The SMILES string of the molecule is CC(/C=C/C=C(C)/C=C/C=C(\C)CC/C=C(\C)COC(=O)C(C)CCCCNCl)=C\C=C\C=C(C)\C=C\C=C(C)\C=C\C=C(/C)CC/C=C(\C)COC(=O)C(CCCCNCl)NCl. The summed E-state index contributed by atoms with van der Waals surface area (Å²) < 4.78 is 10.9. The van der Waals surface area contributed by atoms with Gasteiger partial charge in [0, 0.05) is 13.1 Å². The van der Waals surface area contributed by atoms with Gasteiger partial charge in [-0.15, -0.1) is 0 Å². The van der Waals surface area contributed by atoms with Crippen molar-refractivity contribution in [1.29, 1.82) is 0 Å². The molecular weight excluding hydrogens is 849 g/mol. The predicted octanol–water partition coefficient (Wildman–Crippen LogP) is 14.6. The molecule has 0 rings (SSSR count). The van der Waals surface area contributed by atoms with Gasteiger partial charge in [0.05, 0.1) is 5.92 Å². The van der Waals surface area contributed by atoms with Crippen LogP contribution < -0.4 is 14.5 Å². The Hall–Kier alpha value is -3.69. The Morgan fingerprint density at radius 3 is 1.29 bits per heavy atom. The van der Waals surface area contributed by atoms with Crippen LogP contribution in [0.5, 0.6) is 0 Å². The van der Waals surface area contributed by atoms with Crippen molar-refractivity contribution in [3.05, 3.63) is 154 Å². The lowest BCUT2D eigenvalue weighted by Gasteiger charge is -2.14. The first kappa shape index (κ1) is 59.3. The third kappa shape index (κ3) is 36.4. The van der Waals surface area contributed by atoms with Crippen LogP contribution in [0, 0.1) is 5.92 Å². The first-order chi connectivity index (χ1) is 30.2. The van der Waals surface area contributed by atoms with Crippen molar-refractivity contribution < 1.29 is 19.1 Å². The number of unbranched alkanes of at least 4 members (excludes halogenated alkanes) is 2. The molecule has 0 aromatic heterocycles. The van der Waals surface area contributed by atoms with E-state index in [-0.39, 0.29) is 24.5 Å². The van der Waals surface area contributed by atoms with E-state index in [0.29, 0.717) is 19.6 Å². The molecule has 350 valence electrons. The number of halogens is 3. The maximum atomic E-state index is 12.3. The summed E-state index contributed by atoms with van der Waals surface area (Å²) >= 11 is 16.7. The van der Waals surface area contributed by atoms with Crippen molar-refractivity contribution in [2.45, 2.75) is 133 Å². The fourth-order valence-electron chi connectivity index (χ4n) is 5.58. The van der Waals surface area contributed by atoms with Gasteiger partial charge in [0.1, 0.15) is 19.3 Å². The summed E-state index contributed by atoms with van der Waals surface area (Å²) in [5.74, 6) is -0.570. The van der Waals surface area contributed by atoms with Gasteiger partial charge >= 0.3 is 11.9 Å². The van der Waals surface area contributed by atoms with Gasteiger partial charge in [0.2, 0.25) is 0 Å². The molecule has 0 aromatic carbocycles. The van der Waals surface area contributed by atoms with Crippen molar-refractivity contribution in [2.24, 2.45) is 5.92 Å². The lowest BCUT2D eigenvalue weighted by molar-refractivity contribution is -0.147. The first-order valence-corrected chi connectivity index (χ1v) is 23.4. The second kappa shape index (κ2) is 39.9. The quantitative estimate of drug-likeness (QED) is 0.0199. The number of esters is 2. The Morgan fingerprint density at radius 2 is 0.873 bits per heavy atom. The lowest BCUT2D eigenvalue weighted by Crippen LogP contribution is -2.33. The van der Waals surface area contributed by atoms with E-state index in [4.69, 9.17) is 44.8 Å². The van der Waals surface area contributed by atoms with Gasteiger partial charge in [-0.05, 0) is 160 Å². The molecule has 3 N–H and O–H groups in total. The van der Waals surface area contributed by atoms with Crippen molar-refractivity contribution in [2.75, 3.05) is 26.3 Å². The van der Waals surface area contributed by atoms with Crippen LogP contribution in [0.3, 0.4) is 0 Å². The number of rotatable bonds is 33. The van der Waals surface area contributed by atoms with Crippen LogP contribution in [0.1, 0.15) is 127 Å². The highest BCUT2D eigenvalue weighted by Gasteiger charge is 2.18. The predicted molar refractivity (Wildman–Crippen MR) is 273 cm³/mol. The van der Waals surface area contributed by atoms with Gasteiger partial charge in [0.15, 0.2) is 0 Å². The highest BCUT2D eigenvalue weighted by molar-refractivity contribution is 6.14. The van der Waals surface area contributed by atoms with Crippen molar-refractivity contribution in [1.82, 2.24) is 14.5 Å².